The Morgan fingerprint density at radius 3 is 2.50 bits per heavy atom. The highest BCUT2D eigenvalue weighted by Gasteiger charge is 2.46. The second kappa shape index (κ2) is 14.4. The lowest BCUT2D eigenvalue weighted by molar-refractivity contribution is -0.129. The topological polar surface area (TPSA) is 102 Å². The maximum Gasteiger partial charge on any atom is 0.408 e. The Kier molecular flexibility index (Phi) is 10.1. The quantitative estimate of drug-likeness (QED) is 0.208. The lowest BCUT2D eigenvalue weighted by Gasteiger charge is -2.47. The predicted molar refractivity (Wildman–Crippen MR) is 177 cm³/mol. The van der Waals surface area contributed by atoms with Crippen molar-refractivity contribution in [1.82, 2.24) is 15.1 Å². The molecule has 2 unspecified atom stereocenters. The monoisotopic (exact) mass is 691 g/mol. The summed E-state index contributed by atoms with van der Waals surface area (Å²) >= 11 is 3.39. The van der Waals surface area contributed by atoms with Crippen LogP contribution in [0.25, 0.3) is 5.57 Å². The number of aryl methyl sites for hydroxylation is 1. The van der Waals surface area contributed by atoms with E-state index in [0.717, 1.165) is 53.5 Å². The lowest BCUT2D eigenvalue weighted by atomic mass is 9.81. The number of benzene rings is 3. The molecule has 6 rings (SSSR count). The molecule has 2 atom stereocenters. The largest absolute Gasteiger partial charge is 0.492 e. The zero-order valence-electron chi connectivity index (χ0n) is 25.6. The van der Waals surface area contributed by atoms with Gasteiger partial charge in [0.15, 0.2) is 0 Å². The SMILES string of the molecule is O=C(C1=C(c2ccc(CCCOc3cc(F)ccc3Br)cc2)CC2CNCC1N2C(=O)O)N(Cc1ccccc1CCO)C1CC1. The van der Waals surface area contributed by atoms with Gasteiger partial charge in [0.1, 0.15) is 11.6 Å². The average Bonchev–Trinajstić information content (AvgIpc) is 3.89. The van der Waals surface area contributed by atoms with Gasteiger partial charge in [-0.05, 0) is 94.4 Å². The minimum absolute atomic E-state index is 0.0280. The zero-order chi connectivity index (χ0) is 32.2. The molecule has 3 aromatic carbocycles. The van der Waals surface area contributed by atoms with E-state index in [1.807, 2.05) is 41.3 Å². The molecule has 3 aliphatic rings. The number of hydrogen-bond acceptors (Lipinski definition) is 5. The number of carbonyl (C=O) groups is 2. The number of nitrogens with one attached hydrogen (secondary N) is 1. The van der Waals surface area contributed by atoms with Crippen molar-refractivity contribution in [3.63, 3.8) is 0 Å². The van der Waals surface area contributed by atoms with Gasteiger partial charge in [0.2, 0.25) is 0 Å². The lowest BCUT2D eigenvalue weighted by Crippen LogP contribution is -2.63. The normalized spacial score (nSPS) is 19.2. The third-order valence-corrected chi connectivity index (χ3v) is 9.80. The number of amides is 2. The van der Waals surface area contributed by atoms with Gasteiger partial charge in [-0.2, -0.15) is 0 Å². The Bertz CT molecular complexity index is 1610. The molecule has 0 aromatic heterocycles. The van der Waals surface area contributed by atoms with Gasteiger partial charge in [-0.1, -0.05) is 48.5 Å². The van der Waals surface area contributed by atoms with Gasteiger partial charge in [-0.15, -0.1) is 0 Å². The number of fused-ring (bicyclic) bond motifs is 2. The zero-order valence-corrected chi connectivity index (χ0v) is 27.2. The highest BCUT2D eigenvalue weighted by Crippen LogP contribution is 2.40. The van der Waals surface area contributed by atoms with Crippen LogP contribution in [-0.2, 0) is 24.2 Å². The number of halogens is 2. The van der Waals surface area contributed by atoms with Gasteiger partial charge in [0.25, 0.3) is 5.91 Å². The van der Waals surface area contributed by atoms with Gasteiger partial charge in [0, 0.05) is 43.9 Å². The van der Waals surface area contributed by atoms with E-state index in [4.69, 9.17) is 4.74 Å². The molecule has 2 amide bonds. The first-order valence-electron chi connectivity index (χ1n) is 15.9. The van der Waals surface area contributed by atoms with E-state index in [1.54, 1.807) is 6.07 Å². The van der Waals surface area contributed by atoms with E-state index in [2.05, 4.69) is 33.4 Å². The van der Waals surface area contributed by atoms with Crippen molar-refractivity contribution < 1.29 is 28.9 Å². The van der Waals surface area contributed by atoms with E-state index >= 15 is 0 Å². The number of rotatable bonds is 12. The third kappa shape index (κ3) is 7.14. The van der Waals surface area contributed by atoms with E-state index in [9.17, 15) is 24.2 Å². The van der Waals surface area contributed by atoms with Crippen molar-refractivity contribution in [1.29, 1.82) is 0 Å². The van der Waals surface area contributed by atoms with Crippen LogP contribution in [0, 0.1) is 5.82 Å². The van der Waals surface area contributed by atoms with Crippen LogP contribution in [0.4, 0.5) is 9.18 Å². The average molecular weight is 693 g/mol. The molecule has 2 heterocycles. The van der Waals surface area contributed by atoms with Crippen LogP contribution in [0.1, 0.15) is 47.9 Å². The molecule has 2 fully saturated rings. The minimum Gasteiger partial charge on any atom is -0.492 e. The number of piperazine rings is 1. The third-order valence-electron chi connectivity index (χ3n) is 9.15. The van der Waals surface area contributed by atoms with E-state index in [1.165, 1.54) is 17.0 Å². The first kappa shape index (κ1) is 32.2. The molecule has 242 valence electrons. The molecule has 1 saturated carbocycles. The van der Waals surface area contributed by atoms with Gasteiger partial charge in [-0.3, -0.25) is 9.69 Å². The molecule has 8 nitrogen and oxygen atoms in total. The number of ether oxygens (including phenoxy) is 1. The van der Waals surface area contributed by atoms with Crippen molar-refractivity contribution >= 4 is 33.5 Å². The maximum atomic E-state index is 14.6. The Labute approximate surface area is 277 Å². The molecule has 3 N–H and O–H groups in total. The molecule has 46 heavy (non-hydrogen) atoms. The van der Waals surface area contributed by atoms with Gasteiger partial charge in [0.05, 0.1) is 23.2 Å². The van der Waals surface area contributed by atoms with Crippen LogP contribution >= 0.6 is 15.9 Å². The van der Waals surface area contributed by atoms with Crippen molar-refractivity contribution in [2.45, 2.75) is 63.2 Å². The Balaban J connectivity index is 1.26. The van der Waals surface area contributed by atoms with Crippen LogP contribution in [0.15, 0.2) is 76.8 Å². The smallest absolute Gasteiger partial charge is 0.408 e. The van der Waals surface area contributed by atoms with E-state index in [0.29, 0.717) is 54.9 Å². The number of hydrogen-bond donors (Lipinski definition) is 3. The summed E-state index contributed by atoms with van der Waals surface area (Å²) in [6.45, 7) is 1.80. The van der Waals surface area contributed by atoms with Crippen molar-refractivity contribution in [3.8, 4) is 5.75 Å². The first-order valence-corrected chi connectivity index (χ1v) is 16.7. The molecule has 2 aliphatic heterocycles. The summed E-state index contributed by atoms with van der Waals surface area (Å²) in [4.78, 5) is 30.5. The summed E-state index contributed by atoms with van der Waals surface area (Å²) in [6.07, 6.45) is 3.30. The summed E-state index contributed by atoms with van der Waals surface area (Å²) in [5.74, 6) is 0.0191. The molecule has 0 radical (unpaired) electrons. The number of aliphatic hydroxyl groups excluding tert-OH is 1. The fourth-order valence-corrected chi connectivity index (χ4v) is 7.08. The summed E-state index contributed by atoms with van der Waals surface area (Å²) in [7, 11) is 0. The fourth-order valence-electron chi connectivity index (χ4n) is 6.72. The van der Waals surface area contributed by atoms with Crippen molar-refractivity contribution in [3.05, 3.63) is 105 Å². The fraction of sp³-hybridized carbons (Fsp3) is 0.389. The van der Waals surface area contributed by atoms with Gasteiger partial charge in [-0.25, -0.2) is 9.18 Å². The van der Waals surface area contributed by atoms with Crippen molar-refractivity contribution in [2.75, 3.05) is 26.3 Å². The van der Waals surface area contributed by atoms with Crippen LogP contribution in [0.2, 0.25) is 0 Å². The summed E-state index contributed by atoms with van der Waals surface area (Å²) in [5, 5.41) is 23.2. The van der Waals surface area contributed by atoms with E-state index in [-0.39, 0.29) is 30.4 Å². The number of carbonyl (C=O) groups excluding carboxylic acids is 1. The van der Waals surface area contributed by atoms with Gasteiger partial charge < -0.3 is 25.2 Å². The standard InChI is InChI=1S/C36H39BrFN3O5/c37-31-14-11-27(38)18-33(31)46-17-3-4-23-7-9-25(10-8-23)30-19-29-20-39-21-32(41(29)36(44)45)34(30)35(43)40(28-12-13-28)22-26-6-2-1-5-24(26)15-16-42/h1-2,5-11,14,18,28-29,32,39,42H,3-4,12-13,15-17,19-22H2,(H,44,45). The second-order valence-electron chi connectivity index (χ2n) is 12.2. The number of aliphatic hydroxyl groups is 1. The highest BCUT2D eigenvalue weighted by molar-refractivity contribution is 9.10. The number of nitrogens with zero attached hydrogens (tertiary/aromatic N) is 2. The van der Waals surface area contributed by atoms with Crippen molar-refractivity contribution in [2.24, 2.45) is 0 Å². The van der Waals surface area contributed by atoms with Crippen LogP contribution in [0.5, 0.6) is 5.75 Å². The Hall–Kier alpha value is -3.73. The minimum atomic E-state index is -1.00. The molecular formula is C36H39BrFN3O5. The molecule has 10 heteroatoms. The molecule has 0 spiro atoms. The molecule has 2 bridgehead atoms. The molecule has 1 saturated heterocycles. The highest BCUT2D eigenvalue weighted by atomic mass is 79.9. The predicted octanol–water partition coefficient (Wildman–Crippen LogP) is 5.80. The van der Waals surface area contributed by atoms with Crippen LogP contribution in [0.3, 0.4) is 0 Å². The summed E-state index contributed by atoms with van der Waals surface area (Å²) < 4.78 is 20.1. The van der Waals surface area contributed by atoms with E-state index < -0.39 is 12.1 Å². The number of carboxylic acid groups (broad SMARTS) is 1. The van der Waals surface area contributed by atoms with Crippen LogP contribution in [-0.4, -0.2) is 76.4 Å². The van der Waals surface area contributed by atoms with Gasteiger partial charge >= 0.3 is 6.09 Å². The summed E-state index contributed by atoms with van der Waals surface area (Å²) in [5.41, 5.74) is 5.54. The molecule has 3 aromatic rings. The first-order chi connectivity index (χ1) is 22.3. The molecule has 1 aliphatic carbocycles. The maximum absolute atomic E-state index is 14.6. The summed E-state index contributed by atoms with van der Waals surface area (Å²) in [6, 6.07) is 19.7. The van der Waals surface area contributed by atoms with Crippen LogP contribution < -0.4 is 10.1 Å². The Morgan fingerprint density at radius 1 is 1.02 bits per heavy atom. The second-order valence-corrected chi connectivity index (χ2v) is 13.1. The molecular weight excluding hydrogens is 653 g/mol. The Morgan fingerprint density at radius 2 is 1.78 bits per heavy atom.